The molecule has 63 heavy (non-hydrogen) atoms. The van der Waals surface area contributed by atoms with E-state index in [0.717, 1.165) is 0 Å². The van der Waals surface area contributed by atoms with Gasteiger partial charge in [0, 0.05) is 44.0 Å². The molecule has 0 aliphatic rings. The molecule has 2 heteroatoms. The summed E-state index contributed by atoms with van der Waals surface area (Å²) in [5.41, 5.74) is 19.5. The Morgan fingerprint density at radius 1 is 0.413 bits per heavy atom. The van der Waals surface area contributed by atoms with Gasteiger partial charge < -0.3 is 9.47 Å². The standard InChI is InChI=1S/C61H52N2/c1-37-19-21-39(3)52(31-37)62(53-35-44(24-22-40(53)4)42-15-11-9-12-16-42)59-50-29-26-46-33-48(61(6,7)8)34-47-27-30-51(57(50)56(46)47)60-58(59)49-28-20-38(2)32-55(49)63(60)54-36-45(25-23-41(54)5)43-17-13-10-14-18-43/h9-36H,1-8H3. The van der Waals surface area contributed by atoms with Crippen LogP contribution < -0.4 is 4.90 Å². The number of rotatable bonds is 6. The SMILES string of the molecule is Cc1ccc(C)c(N(c2cc(-c3ccccc3)ccc2C)c2c3ccc4cc(C(C)(C)C)cc5ccc(c3c45)c3c2c2ccc(C)cc2n3-c2cc(-c3ccccc3)ccc2C)c1. The van der Waals surface area contributed by atoms with Crippen LogP contribution >= 0.6 is 0 Å². The van der Waals surface area contributed by atoms with Crippen molar-refractivity contribution in [1.29, 1.82) is 0 Å². The maximum absolute atomic E-state index is 2.62. The van der Waals surface area contributed by atoms with Crippen LogP contribution in [0.5, 0.6) is 0 Å². The molecule has 0 atom stereocenters. The molecular formula is C61H52N2. The highest BCUT2D eigenvalue weighted by molar-refractivity contribution is 6.37. The summed E-state index contributed by atoms with van der Waals surface area (Å²) in [5.74, 6) is 0. The first-order valence-corrected chi connectivity index (χ1v) is 22.3. The van der Waals surface area contributed by atoms with Crippen LogP contribution in [0.15, 0.2) is 170 Å². The van der Waals surface area contributed by atoms with Crippen LogP contribution in [0.4, 0.5) is 17.1 Å². The normalized spacial score (nSPS) is 12.1. The molecule has 11 aromatic rings. The molecular weight excluding hydrogens is 761 g/mol. The molecule has 0 unspecified atom stereocenters. The molecule has 0 saturated carbocycles. The third-order valence-electron chi connectivity index (χ3n) is 13.5. The molecule has 1 heterocycles. The minimum Gasteiger partial charge on any atom is -0.309 e. The van der Waals surface area contributed by atoms with E-state index >= 15 is 0 Å². The lowest BCUT2D eigenvalue weighted by atomic mass is 9.83. The van der Waals surface area contributed by atoms with Crippen LogP contribution in [-0.2, 0) is 5.41 Å². The Bertz CT molecular complexity index is 3560. The van der Waals surface area contributed by atoms with Gasteiger partial charge in [0.05, 0.1) is 16.7 Å². The first-order chi connectivity index (χ1) is 30.4. The maximum atomic E-state index is 2.62. The number of anilines is 3. The molecule has 0 aliphatic carbocycles. The van der Waals surface area contributed by atoms with Crippen LogP contribution in [0.3, 0.4) is 0 Å². The third-order valence-corrected chi connectivity index (χ3v) is 13.5. The number of hydrogen-bond acceptors (Lipinski definition) is 1. The minimum absolute atomic E-state index is 0.00918. The van der Waals surface area contributed by atoms with Crippen molar-refractivity contribution in [1.82, 2.24) is 4.57 Å². The minimum atomic E-state index is 0.00918. The van der Waals surface area contributed by atoms with Crippen LogP contribution in [0.1, 0.15) is 54.2 Å². The number of aromatic nitrogens is 1. The van der Waals surface area contributed by atoms with E-state index in [1.807, 2.05) is 0 Å². The number of benzene rings is 10. The summed E-state index contributed by atoms with van der Waals surface area (Å²) in [6.45, 7) is 18.2. The van der Waals surface area contributed by atoms with Gasteiger partial charge in [0.15, 0.2) is 0 Å². The second-order valence-electron chi connectivity index (χ2n) is 18.9. The summed E-state index contributed by atoms with van der Waals surface area (Å²) in [4.78, 5) is 2.62. The summed E-state index contributed by atoms with van der Waals surface area (Å²) in [7, 11) is 0. The number of nitrogens with zero attached hydrogens (tertiary/aromatic N) is 2. The molecule has 0 N–H and O–H groups in total. The second kappa shape index (κ2) is 14.5. The molecule has 11 rings (SSSR count). The summed E-state index contributed by atoms with van der Waals surface area (Å²) < 4.78 is 2.60. The highest BCUT2D eigenvalue weighted by Gasteiger charge is 2.30. The summed E-state index contributed by atoms with van der Waals surface area (Å²) in [6, 6.07) is 64.1. The lowest BCUT2D eigenvalue weighted by Crippen LogP contribution is -2.14. The van der Waals surface area contributed by atoms with E-state index in [2.05, 4.69) is 235 Å². The quantitative estimate of drug-likeness (QED) is 0.152. The van der Waals surface area contributed by atoms with E-state index < -0.39 is 0 Å². The Hall–Kier alpha value is -7.16. The maximum Gasteiger partial charge on any atom is 0.0641 e. The topological polar surface area (TPSA) is 8.17 Å². The van der Waals surface area contributed by atoms with Crippen molar-refractivity contribution in [2.24, 2.45) is 0 Å². The van der Waals surface area contributed by atoms with Crippen molar-refractivity contribution >= 4 is 71.2 Å². The predicted octanol–water partition coefficient (Wildman–Crippen LogP) is 17.3. The summed E-state index contributed by atoms with van der Waals surface area (Å²) >= 11 is 0. The lowest BCUT2D eigenvalue weighted by molar-refractivity contribution is 0.591. The van der Waals surface area contributed by atoms with Crippen molar-refractivity contribution in [2.45, 2.75) is 60.8 Å². The molecule has 2 nitrogen and oxygen atoms in total. The zero-order chi connectivity index (χ0) is 43.3. The Kier molecular flexibility index (Phi) is 8.89. The van der Waals surface area contributed by atoms with E-state index in [-0.39, 0.29) is 5.41 Å². The van der Waals surface area contributed by atoms with Crippen LogP contribution in [-0.4, -0.2) is 4.57 Å². The number of fused-ring (bicyclic) bond motifs is 4. The van der Waals surface area contributed by atoms with Gasteiger partial charge >= 0.3 is 0 Å². The van der Waals surface area contributed by atoms with E-state index in [1.165, 1.54) is 133 Å². The van der Waals surface area contributed by atoms with E-state index in [1.54, 1.807) is 0 Å². The molecule has 0 bridgehead atoms. The average Bonchev–Trinajstić information content (AvgIpc) is 3.61. The Balaban J connectivity index is 1.38. The van der Waals surface area contributed by atoms with Crippen molar-refractivity contribution in [3.05, 3.63) is 203 Å². The Morgan fingerprint density at radius 3 is 1.60 bits per heavy atom. The van der Waals surface area contributed by atoms with Crippen molar-refractivity contribution in [3.63, 3.8) is 0 Å². The van der Waals surface area contributed by atoms with Gasteiger partial charge in [-0.25, -0.2) is 0 Å². The largest absolute Gasteiger partial charge is 0.309 e. The molecule has 0 saturated heterocycles. The zero-order valence-electron chi connectivity index (χ0n) is 37.6. The van der Waals surface area contributed by atoms with Crippen molar-refractivity contribution in [2.75, 3.05) is 4.90 Å². The fourth-order valence-corrected chi connectivity index (χ4v) is 10.2. The monoisotopic (exact) mass is 812 g/mol. The fraction of sp³-hybridized carbons (Fsp3) is 0.148. The molecule has 306 valence electrons. The molecule has 10 aromatic carbocycles. The highest BCUT2D eigenvalue weighted by Crippen LogP contribution is 2.54. The van der Waals surface area contributed by atoms with Gasteiger partial charge in [0.2, 0.25) is 0 Å². The fourth-order valence-electron chi connectivity index (χ4n) is 10.2. The molecule has 0 radical (unpaired) electrons. The first-order valence-electron chi connectivity index (χ1n) is 22.3. The van der Waals surface area contributed by atoms with Gasteiger partial charge in [0.1, 0.15) is 0 Å². The van der Waals surface area contributed by atoms with Crippen LogP contribution in [0.2, 0.25) is 0 Å². The molecule has 0 aliphatic heterocycles. The number of aryl methyl sites for hydroxylation is 5. The smallest absolute Gasteiger partial charge is 0.0641 e. The van der Waals surface area contributed by atoms with Crippen LogP contribution in [0, 0.1) is 34.6 Å². The zero-order valence-corrected chi connectivity index (χ0v) is 37.6. The van der Waals surface area contributed by atoms with Gasteiger partial charge in [-0.05, 0) is 136 Å². The number of hydrogen-bond donors (Lipinski definition) is 0. The van der Waals surface area contributed by atoms with Crippen molar-refractivity contribution in [3.8, 4) is 27.9 Å². The highest BCUT2D eigenvalue weighted by atomic mass is 15.2. The van der Waals surface area contributed by atoms with Crippen molar-refractivity contribution < 1.29 is 0 Å². The second-order valence-corrected chi connectivity index (χ2v) is 18.9. The van der Waals surface area contributed by atoms with Gasteiger partial charge in [-0.15, -0.1) is 0 Å². The predicted molar refractivity (Wildman–Crippen MR) is 272 cm³/mol. The van der Waals surface area contributed by atoms with E-state index in [4.69, 9.17) is 0 Å². The van der Waals surface area contributed by atoms with E-state index in [0.29, 0.717) is 0 Å². The first kappa shape index (κ1) is 38.7. The van der Waals surface area contributed by atoms with Gasteiger partial charge in [-0.1, -0.05) is 166 Å². The molecule has 0 fully saturated rings. The van der Waals surface area contributed by atoms with Crippen LogP contribution in [0.25, 0.3) is 82.1 Å². The van der Waals surface area contributed by atoms with Gasteiger partial charge in [-0.2, -0.15) is 0 Å². The Labute approximate surface area is 371 Å². The van der Waals surface area contributed by atoms with Gasteiger partial charge in [0.25, 0.3) is 0 Å². The molecule has 1 aromatic heterocycles. The van der Waals surface area contributed by atoms with E-state index in [9.17, 15) is 0 Å². The molecule has 0 spiro atoms. The Morgan fingerprint density at radius 2 is 0.952 bits per heavy atom. The summed E-state index contributed by atoms with van der Waals surface area (Å²) in [5, 5.41) is 10.2. The average molecular weight is 813 g/mol. The van der Waals surface area contributed by atoms with Gasteiger partial charge in [-0.3, -0.25) is 0 Å². The lowest BCUT2D eigenvalue weighted by Gasteiger charge is -2.32. The third kappa shape index (κ3) is 6.22. The molecule has 0 amide bonds. The summed E-state index contributed by atoms with van der Waals surface area (Å²) in [6.07, 6.45) is 0.